The van der Waals surface area contributed by atoms with E-state index in [0.717, 1.165) is 11.3 Å². The number of carbonyl (C=O) groups is 2. The third-order valence-electron chi connectivity index (χ3n) is 4.49. The lowest BCUT2D eigenvalue weighted by Crippen LogP contribution is -2.34. The van der Waals surface area contributed by atoms with Crippen LogP contribution >= 0.6 is 0 Å². The number of rotatable bonds is 4. The molecule has 1 atom stereocenters. The van der Waals surface area contributed by atoms with E-state index in [1.54, 1.807) is 16.9 Å². The molecule has 0 fully saturated rings. The number of fused-ring (bicyclic) bond motifs is 1. The highest BCUT2D eigenvalue weighted by molar-refractivity contribution is 6.01. The first-order chi connectivity index (χ1) is 13.1. The molecule has 3 aromatic rings. The summed E-state index contributed by atoms with van der Waals surface area (Å²) in [6.45, 7) is 0.292. The number of amides is 2. The monoisotopic (exact) mass is 364 g/mol. The van der Waals surface area contributed by atoms with Crippen molar-refractivity contribution >= 4 is 17.5 Å². The van der Waals surface area contributed by atoms with Gasteiger partial charge in [0.1, 0.15) is 5.82 Å². The van der Waals surface area contributed by atoms with Crippen LogP contribution in [-0.2, 0) is 16.1 Å². The van der Waals surface area contributed by atoms with Gasteiger partial charge in [0.2, 0.25) is 11.8 Å². The van der Waals surface area contributed by atoms with Crippen molar-refractivity contribution in [3.8, 4) is 5.69 Å². The summed E-state index contributed by atoms with van der Waals surface area (Å²) in [5.41, 5.74) is 2.73. The molecule has 1 aromatic heterocycles. The molecule has 7 heteroatoms. The molecule has 2 N–H and O–H groups in total. The number of benzene rings is 2. The SMILES string of the molecule is O=C1C[C@H](C(=O)NCc2cnn(-c3ccccc3)c2)c2ccc(F)cc2N1. The van der Waals surface area contributed by atoms with Crippen molar-refractivity contribution < 1.29 is 14.0 Å². The molecule has 1 aliphatic rings. The zero-order valence-corrected chi connectivity index (χ0v) is 14.4. The van der Waals surface area contributed by atoms with Gasteiger partial charge in [-0.1, -0.05) is 24.3 Å². The topological polar surface area (TPSA) is 76.0 Å². The molecular weight excluding hydrogens is 347 g/mol. The Morgan fingerprint density at radius 1 is 1.26 bits per heavy atom. The Bertz CT molecular complexity index is 1000. The van der Waals surface area contributed by atoms with Crippen molar-refractivity contribution in [1.29, 1.82) is 0 Å². The number of para-hydroxylation sites is 1. The van der Waals surface area contributed by atoms with Gasteiger partial charge >= 0.3 is 0 Å². The van der Waals surface area contributed by atoms with E-state index < -0.39 is 11.7 Å². The standard InChI is InChI=1S/C20H17FN4O2/c21-14-6-7-16-17(9-19(26)24-18(16)8-14)20(27)22-10-13-11-23-25(12-13)15-4-2-1-3-5-15/h1-8,11-12,17H,9-10H2,(H,22,27)(H,24,26)/t17-/m0/s1. The highest BCUT2D eigenvalue weighted by Crippen LogP contribution is 2.32. The summed E-state index contributed by atoms with van der Waals surface area (Å²) >= 11 is 0. The summed E-state index contributed by atoms with van der Waals surface area (Å²) in [7, 11) is 0. The Morgan fingerprint density at radius 2 is 2.07 bits per heavy atom. The maximum Gasteiger partial charge on any atom is 0.228 e. The Hall–Kier alpha value is -3.48. The number of aromatic nitrogens is 2. The predicted molar refractivity (Wildman–Crippen MR) is 97.8 cm³/mol. The lowest BCUT2D eigenvalue weighted by molar-refractivity contribution is -0.126. The van der Waals surface area contributed by atoms with Crippen molar-refractivity contribution in [3.63, 3.8) is 0 Å². The van der Waals surface area contributed by atoms with Gasteiger partial charge in [0, 0.05) is 30.4 Å². The van der Waals surface area contributed by atoms with Crippen LogP contribution in [0.15, 0.2) is 60.9 Å². The molecule has 2 aromatic carbocycles. The Kier molecular flexibility index (Phi) is 4.42. The van der Waals surface area contributed by atoms with Crippen LogP contribution in [0.25, 0.3) is 5.69 Å². The molecule has 0 spiro atoms. The smallest absolute Gasteiger partial charge is 0.228 e. The van der Waals surface area contributed by atoms with Crippen LogP contribution < -0.4 is 10.6 Å². The van der Waals surface area contributed by atoms with Gasteiger partial charge in [-0.3, -0.25) is 9.59 Å². The molecule has 27 heavy (non-hydrogen) atoms. The van der Waals surface area contributed by atoms with E-state index in [0.29, 0.717) is 17.8 Å². The molecule has 0 bridgehead atoms. The minimum Gasteiger partial charge on any atom is -0.351 e. The predicted octanol–water partition coefficient (Wildman–Crippen LogP) is 2.75. The number of anilines is 1. The lowest BCUT2D eigenvalue weighted by Gasteiger charge is -2.24. The van der Waals surface area contributed by atoms with Crippen molar-refractivity contribution in [2.75, 3.05) is 5.32 Å². The molecule has 1 aliphatic heterocycles. The highest BCUT2D eigenvalue weighted by Gasteiger charge is 2.30. The van der Waals surface area contributed by atoms with Gasteiger partial charge in [-0.05, 0) is 29.8 Å². The van der Waals surface area contributed by atoms with Crippen molar-refractivity contribution in [2.24, 2.45) is 0 Å². The fourth-order valence-corrected chi connectivity index (χ4v) is 3.16. The summed E-state index contributed by atoms with van der Waals surface area (Å²) in [6, 6.07) is 13.7. The number of nitrogens with zero attached hydrogens (tertiary/aromatic N) is 2. The highest BCUT2D eigenvalue weighted by atomic mass is 19.1. The van der Waals surface area contributed by atoms with E-state index in [2.05, 4.69) is 15.7 Å². The van der Waals surface area contributed by atoms with Gasteiger partial charge in [-0.2, -0.15) is 5.10 Å². The third-order valence-corrected chi connectivity index (χ3v) is 4.49. The largest absolute Gasteiger partial charge is 0.351 e. The maximum atomic E-state index is 13.4. The molecule has 0 saturated carbocycles. The zero-order chi connectivity index (χ0) is 18.8. The molecular formula is C20H17FN4O2. The summed E-state index contributed by atoms with van der Waals surface area (Å²) in [6.07, 6.45) is 3.56. The quantitative estimate of drug-likeness (QED) is 0.747. The van der Waals surface area contributed by atoms with Crippen molar-refractivity contribution in [1.82, 2.24) is 15.1 Å². The first-order valence-corrected chi connectivity index (χ1v) is 8.56. The van der Waals surface area contributed by atoms with Gasteiger partial charge in [-0.15, -0.1) is 0 Å². The maximum absolute atomic E-state index is 13.4. The minimum absolute atomic E-state index is 0.0355. The second-order valence-electron chi connectivity index (χ2n) is 6.38. The van der Waals surface area contributed by atoms with Crippen LogP contribution in [0, 0.1) is 5.82 Å². The molecule has 0 radical (unpaired) electrons. The van der Waals surface area contributed by atoms with Crippen LogP contribution in [0.5, 0.6) is 0 Å². The number of nitrogens with one attached hydrogen (secondary N) is 2. The molecule has 0 saturated heterocycles. The van der Waals surface area contributed by atoms with Crippen molar-refractivity contribution in [2.45, 2.75) is 18.9 Å². The molecule has 0 unspecified atom stereocenters. The molecule has 2 amide bonds. The van der Waals surface area contributed by atoms with E-state index in [1.165, 1.54) is 12.1 Å². The van der Waals surface area contributed by atoms with E-state index in [1.807, 2.05) is 36.5 Å². The Morgan fingerprint density at radius 3 is 2.89 bits per heavy atom. The first kappa shape index (κ1) is 17.0. The van der Waals surface area contributed by atoms with E-state index >= 15 is 0 Å². The van der Waals surface area contributed by atoms with Crippen LogP contribution in [0.1, 0.15) is 23.5 Å². The normalized spacial score (nSPS) is 15.7. The van der Waals surface area contributed by atoms with Gasteiger partial charge in [0.15, 0.2) is 0 Å². The number of halogens is 1. The molecule has 0 aliphatic carbocycles. The lowest BCUT2D eigenvalue weighted by atomic mass is 9.89. The fraction of sp³-hybridized carbons (Fsp3) is 0.150. The van der Waals surface area contributed by atoms with Gasteiger partial charge in [-0.25, -0.2) is 9.07 Å². The van der Waals surface area contributed by atoms with E-state index in [-0.39, 0.29) is 18.2 Å². The molecule has 2 heterocycles. The second kappa shape index (κ2) is 7.03. The van der Waals surface area contributed by atoms with E-state index in [9.17, 15) is 14.0 Å². The number of hydrogen-bond acceptors (Lipinski definition) is 3. The number of carbonyl (C=O) groups excluding carboxylic acids is 2. The van der Waals surface area contributed by atoms with E-state index in [4.69, 9.17) is 0 Å². The van der Waals surface area contributed by atoms with Crippen LogP contribution in [0.4, 0.5) is 10.1 Å². The van der Waals surface area contributed by atoms with Crippen molar-refractivity contribution in [3.05, 3.63) is 77.9 Å². The molecule has 6 nitrogen and oxygen atoms in total. The van der Waals surface area contributed by atoms with Crippen LogP contribution in [-0.4, -0.2) is 21.6 Å². The summed E-state index contributed by atoms with van der Waals surface area (Å²) < 4.78 is 15.1. The van der Waals surface area contributed by atoms with Crippen LogP contribution in [0.3, 0.4) is 0 Å². The molecule has 136 valence electrons. The summed E-state index contributed by atoms with van der Waals surface area (Å²) in [5, 5.41) is 9.75. The second-order valence-corrected chi connectivity index (χ2v) is 6.38. The number of hydrogen-bond donors (Lipinski definition) is 2. The zero-order valence-electron chi connectivity index (χ0n) is 14.4. The van der Waals surface area contributed by atoms with Gasteiger partial charge in [0.05, 0.1) is 17.8 Å². The first-order valence-electron chi connectivity index (χ1n) is 8.56. The molecule has 4 rings (SSSR count). The Balaban J connectivity index is 1.46. The van der Waals surface area contributed by atoms with Crippen LogP contribution in [0.2, 0.25) is 0 Å². The van der Waals surface area contributed by atoms with Gasteiger partial charge < -0.3 is 10.6 Å². The summed E-state index contributed by atoms with van der Waals surface area (Å²) in [4.78, 5) is 24.5. The Labute approximate surface area is 155 Å². The average Bonchev–Trinajstić information content (AvgIpc) is 3.15. The minimum atomic E-state index is -0.640. The van der Waals surface area contributed by atoms with Gasteiger partial charge in [0.25, 0.3) is 0 Å². The average molecular weight is 364 g/mol. The summed E-state index contributed by atoms with van der Waals surface area (Å²) in [5.74, 6) is -1.67. The third kappa shape index (κ3) is 3.57. The fourth-order valence-electron chi connectivity index (χ4n) is 3.16.